The Hall–Kier alpha value is -2.34. The number of hydrogen-bond acceptors (Lipinski definition) is 5. The lowest BCUT2D eigenvalue weighted by atomic mass is 10.0. The summed E-state index contributed by atoms with van der Waals surface area (Å²) < 4.78 is 5.19. The SMILES string of the molecule is CCCCCCCCN1C(=O)C(c2ccc(OC)cc2)=C(N(C)CCO)C1=O. The van der Waals surface area contributed by atoms with Crippen molar-refractivity contribution in [2.24, 2.45) is 0 Å². The Balaban J connectivity index is 2.19. The van der Waals surface area contributed by atoms with Crippen molar-refractivity contribution >= 4 is 17.4 Å². The van der Waals surface area contributed by atoms with Gasteiger partial charge in [-0.25, -0.2) is 0 Å². The zero-order chi connectivity index (χ0) is 20.5. The van der Waals surface area contributed by atoms with Gasteiger partial charge in [0, 0.05) is 20.1 Å². The van der Waals surface area contributed by atoms with Crippen molar-refractivity contribution < 1.29 is 19.4 Å². The number of aliphatic hydroxyl groups is 1. The first-order chi connectivity index (χ1) is 13.5. The van der Waals surface area contributed by atoms with Gasteiger partial charge in [-0.05, 0) is 24.1 Å². The highest BCUT2D eigenvalue weighted by molar-refractivity contribution is 6.35. The molecule has 2 rings (SSSR count). The van der Waals surface area contributed by atoms with E-state index in [0.717, 1.165) is 19.3 Å². The van der Waals surface area contributed by atoms with Crippen LogP contribution in [0, 0.1) is 0 Å². The number of carbonyl (C=O) groups excluding carboxylic acids is 2. The summed E-state index contributed by atoms with van der Waals surface area (Å²) in [5, 5.41) is 9.29. The monoisotopic (exact) mass is 388 g/mol. The number of nitrogens with zero attached hydrogens (tertiary/aromatic N) is 2. The number of methoxy groups -OCH3 is 1. The molecule has 28 heavy (non-hydrogen) atoms. The fourth-order valence-electron chi connectivity index (χ4n) is 3.45. The van der Waals surface area contributed by atoms with Gasteiger partial charge in [-0.15, -0.1) is 0 Å². The lowest BCUT2D eigenvalue weighted by molar-refractivity contribution is -0.137. The number of amides is 2. The minimum absolute atomic E-state index is 0.0885. The average Bonchev–Trinajstić information content (AvgIpc) is 2.95. The van der Waals surface area contributed by atoms with Gasteiger partial charge in [0.15, 0.2) is 0 Å². The number of ether oxygens (including phenoxy) is 1. The van der Waals surface area contributed by atoms with Gasteiger partial charge in [0.05, 0.1) is 19.3 Å². The van der Waals surface area contributed by atoms with Crippen LogP contribution >= 0.6 is 0 Å². The summed E-state index contributed by atoms with van der Waals surface area (Å²) in [5.41, 5.74) is 1.44. The molecule has 0 bridgehead atoms. The number of unbranched alkanes of at least 4 members (excludes halogenated alkanes) is 5. The minimum Gasteiger partial charge on any atom is -0.497 e. The Morgan fingerprint density at radius 3 is 2.25 bits per heavy atom. The van der Waals surface area contributed by atoms with Gasteiger partial charge < -0.3 is 14.7 Å². The van der Waals surface area contributed by atoms with E-state index in [1.165, 1.54) is 24.2 Å². The fourth-order valence-corrected chi connectivity index (χ4v) is 3.45. The summed E-state index contributed by atoms with van der Waals surface area (Å²) in [4.78, 5) is 29.1. The molecule has 0 aromatic heterocycles. The van der Waals surface area contributed by atoms with Crippen molar-refractivity contribution in [3.05, 3.63) is 35.5 Å². The number of rotatable bonds is 12. The van der Waals surface area contributed by atoms with E-state index in [-0.39, 0.29) is 18.4 Å². The van der Waals surface area contributed by atoms with E-state index in [4.69, 9.17) is 4.74 Å². The molecule has 1 aromatic carbocycles. The molecular formula is C22H32N2O4. The largest absolute Gasteiger partial charge is 0.497 e. The summed E-state index contributed by atoms with van der Waals surface area (Å²) in [5.74, 6) is 0.152. The van der Waals surface area contributed by atoms with Gasteiger partial charge >= 0.3 is 0 Å². The average molecular weight is 389 g/mol. The van der Waals surface area contributed by atoms with Crippen LogP contribution in [-0.4, -0.2) is 60.6 Å². The first-order valence-corrected chi connectivity index (χ1v) is 10.1. The lowest BCUT2D eigenvalue weighted by Gasteiger charge is -2.20. The highest BCUT2D eigenvalue weighted by Gasteiger charge is 2.40. The van der Waals surface area contributed by atoms with Gasteiger partial charge in [0.2, 0.25) is 0 Å². The minimum atomic E-state index is -0.277. The lowest BCUT2D eigenvalue weighted by Crippen LogP contribution is -2.35. The molecule has 1 heterocycles. The molecular weight excluding hydrogens is 356 g/mol. The van der Waals surface area contributed by atoms with Crippen LogP contribution in [0.3, 0.4) is 0 Å². The molecule has 1 aliphatic heterocycles. The van der Waals surface area contributed by atoms with Gasteiger partial charge in [-0.3, -0.25) is 14.5 Å². The molecule has 0 aliphatic carbocycles. The summed E-state index contributed by atoms with van der Waals surface area (Å²) >= 11 is 0. The molecule has 0 fully saturated rings. The molecule has 0 spiro atoms. The Labute approximate surface area is 167 Å². The first-order valence-electron chi connectivity index (χ1n) is 10.1. The van der Waals surface area contributed by atoms with E-state index in [9.17, 15) is 14.7 Å². The van der Waals surface area contributed by atoms with Crippen LogP contribution in [0.25, 0.3) is 5.57 Å². The number of aliphatic hydroxyl groups excluding tert-OH is 1. The summed E-state index contributed by atoms with van der Waals surface area (Å²) in [6.45, 7) is 2.81. The molecule has 1 aromatic rings. The summed E-state index contributed by atoms with van der Waals surface area (Å²) in [6.07, 6.45) is 6.56. The van der Waals surface area contributed by atoms with E-state index < -0.39 is 0 Å². The Kier molecular flexibility index (Phi) is 8.51. The smallest absolute Gasteiger partial charge is 0.277 e. The third kappa shape index (κ3) is 5.13. The standard InChI is InChI=1S/C22H32N2O4/c1-4-5-6-7-8-9-14-24-21(26)19(17-10-12-18(28-3)13-11-17)20(22(24)27)23(2)15-16-25/h10-13,25H,4-9,14-16H2,1-3H3. The number of benzene rings is 1. The molecule has 6 heteroatoms. The first kappa shape index (κ1) is 22.0. The number of likely N-dealkylation sites (N-methyl/N-ethyl adjacent to an activating group) is 1. The predicted molar refractivity (Wildman–Crippen MR) is 110 cm³/mol. The molecule has 0 atom stereocenters. The van der Waals surface area contributed by atoms with Crippen LogP contribution in [0.2, 0.25) is 0 Å². The Morgan fingerprint density at radius 2 is 1.64 bits per heavy atom. The maximum absolute atomic E-state index is 13.1. The van der Waals surface area contributed by atoms with E-state index in [1.54, 1.807) is 43.3 Å². The number of carbonyl (C=O) groups is 2. The van der Waals surface area contributed by atoms with Crippen molar-refractivity contribution in [2.45, 2.75) is 45.4 Å². The van der Waals surface area contributed by atoms with Gasteiger partial charge in [-0.2, -0.15) is 0 Å². The van der Waals surface area contributed by atoms with Crippen molar-refractivity contribution in [3.63, 3.8) is 0 Å². The zero-order valence-corrected chi connectivity index (χ0v) is 17.2. The fraction of sp³-hybridized carbons (Fsp3) is 0.545. The molecule has 0 saturated carbocycles. The van der Waals surface area contributed by atoms with Crippen LogP contribution in [0.1, 0.15) is 51.0 Å². The highest BCUT2D eigenvalue weighted by Crippen LogP contribution is 2.32. The zero-order valence-electron chi connectivity index (χ0n) is 17.2. The van der Waals surface area contributed by atoms with Crippen LogP contribution in [0.4, 0.5) is 0 Å². The van der Waals surface area contributed by atoms with E-state index >= 15 is 0 Å². The third-order valence-electron chi connectivity index (χ3n) is 5.07. The van der Waals surface area contributed by atoms with Crippen LogP contribution in [-0.2, 0) is 9.59 Å². The van der Waals surface area contributed by atoms with Gasteiger partial charge in [0.25, 0.3) is 11.8 Å². The van der Waals surface area contributed by atoms with Crippen molar-refractivity contribution in [3.8, 4) is 5.75 Å². The van der Waals surface area contributed by atoms with Crippen LogP contribution in [0.5, 0.6) is 5.75 Å². The number of imide groups is 1. The van der Waals surface area contributed by atoms with E-state index in [2.05, 4.69) is 6.92 Å². The maximum atomic E-state index is 13.1. The molecule has 0 radical (unpaired) electrons. The molecule has 6 nitrogen and oxygen atoms in total. The third-order valence-corrected chi connectivity index (χ3v) is 5.07. The molecule has 1 aliphatic rings. The van der Waals surface area contributed by atoms with Crippen molar-refractivity contribution in [2.75, 3.05) is 33.9 Å². The van der Waals surface area contributed by atoms with Crippen molar-refractivity contribution in [1.29, 1.82) is 0 Å². The maximum Gasteiger partial charge on any atom is 0.277 e. The van der Waals surface area contributed by atoms with E-state index in [1.807, 2.05) is 0 Å². The molecule has 1 N–H and O–H groups in total. The Bertz CT molecular complexity index is 697. The van der Waals surface area contributed by atoms with Gasteiger partial charge in [0.1, 0.15) is 11.4 Å². The second-order valence-electron chi connectivity index (χ2n) is 7.13. The van der Waals surface area contributed by atoms with Crippen molar-refractivity contribution in [1.82, 2.24) is 9.80 Å². The summed E-state index contributed by atoms with van der Waals surface area (Å²) in [6, 6.07) is 7.14. The molecule has 0 unspecified atom stereocenters. The number of hydrogen-bond donors (Lipinski definition) is 1. The van der Waals surface area contributed by atoms with Crippen LogP contribution < -0.4 is 4.74 Å². The Morgan fingerprint density at radius 1 is 1.00 bits per heavy atom. The molecule has 2 amide bonds. The normalized spacial score (nSPS) is 14.2. The van der Waals surface area contributed by atoms with Gasteiger partial charge in [-0.1, -0.05) is 51.2 Å². The molecule has 0 saturated heterocycles. The van der Waals surface area contributed by atoms with E-state index in [0.29, 0.717) is 35.7 Å². The molecule has 154 valence electrons. The quantitative estimate of drug-likeness (QED) is 0.440. The second-order valence-corrected chi connectivity index (χ2v) is 7.13. The van der Waals surface area contributed by atoms with Crippen LogP contribution in [0.15, 0.2) is 30.0 Å². The highest BCUT2D eigenvalue weighted by atomic mass is 16.5. The summed E-state index contributed by atoms with van der Waals surface area (Å²) in [7, 11) is 3.32. The second kappa shape index (κ2) is 10.9. The predicted octanol–water partition coefficient (Wildman–Crippen LogP) is 3.06. The topological polar surface area (TPSA) is 70.1 Å².